The molecule has 0 aliphatic rings. The van der Waals surface area contributed by atoms with Gasteiger partial charge in [-0.05, 0) is 43.3 Å². The van der Waals surface area contributed by atoms with Crippen LogP contribution in [-0.4, -0.2) is 30.0 Å². The number of primary sulfonamides is 1. The predicted molar refractivity (Wildman–Crippen MR) is 103 cm³/mol. The van der Waals surface area contributed by atoms with E-state index in [1.165, 1.54) is 35.0 Å². The lowest BCUT2D eigenvalue weighted by Gasteiger charge is -2.10. The first-order valence-corrected chi connectivity index (χ1v) is 9.67. The number of nitrogens with one attached hydrogen (secondary N) is 1. The number of aromatic carboxylic acids is 1. The summed E-state index contributed by atoms with van der Waals surface area (Å²) in [4.78, 5) is 24.1. The zero-order valence-corrected chi connectivity index (χ0v) is 15.6. The Labute approximate surface area is 161 Å². The number of benzene rings is 2. The van der Waals surface area contributed by atoms with Gasteiger partial charge in [0.1, 0.15) is 0 Å². The van der Waals surface area contributed by atoms with Crippen LogP contribution in [0.25, 0.3) is 5.69 Å². The predicted octanol–water partition coefficient (Wildman–Crippen LogP) is 2.38. The van der Waals surface area contributed by atoms with Crippen molar-refractivity contribution < 1.29 is 23.1 Å². The van der Waals surface area contributed by atoms with Gasteiger partial charge in [0.05, 0.1) is 10.6 Å². The summed E-state index contributed by atoms with van der Waals surface area (Å²) >= 11 is 0. The first-order chi connectivity index (χ1) is 13.2. The quantitative estimate of drug-likeness (QED) is 0.606. The molecule has 28 heavy (non-hydrogen) atoms. The van der Waals surface area contributed by atoms with Crippen LogP contribution in [0.4, 0.5) is 5.69 Å². The zero-order valence-electron chi connectivity index (χ0n) is 14.8. The second-order valence-electron chi connectivity index (χ2n) is 6.12. The molecule has 3 aromatic rings. The van der Waals surface area contributed by atoms with Crippen molar-refractivity contribution in [1.29, 1.82) is 0 Å². The van der Waals surface area contributed by atoms with Gasteiger partial charge in [-0.3, -0.25) is 4.79 Å². The molecule has 1 amide bonds. The Hall–Kier alpha value is -3.43. The van der Waals surface area contributed by atoms with Gasteiger partial charge < -0.3 is 15.0 Å². The minimum absolute atomic E-state index is 0.0333. The zero-order chi connectivity index (χ0) is 20.5. The molecule has 1 aromatic heterocycles. The van der Waals surface area contributed by atoms with Gasteiger partial charge in [-0.1, -0.05) is 23.8 Å². The van der Waals surface area contributed by atoms with Crippen LogP contribution >= 0.6 is 0 Å². The van der Waals surface area contributed by atoms with Gasteiger partial charge in [-0.25, -0.2) is 18.4 Å². The van der Waals surface area contributed by atoms with E-state index < -0.39 is 21.9 Å². The minimum Gasteiger partial charge on any atom is -0.476 e. The van der Waals surface area contributed by atoms with Crippen molar-refractivity contribution in [2.45, 2.75) is 11.8 Å². The molecule has 0 saturated heterocycles. The molecule has 3 rings (SSSR count). The summed E-state index contributed by atoms with van der Waals surface area (Å²) in [6, 6.07) is 13.9. The lowest BCUT2D eigenvalue weighted by molar-refractivity contribution is 0.0689. The van der Waals surface area contributed by atoms with Crippen molar-refractivity contribution in [1.82, 2.24) is 4.57 Å². The molecule has 0 spiro atoms. The highest BCUT2D eigenvalue weighted by Gasteiger charge is 2.20. The molecule has 0 atom stereocenters. The molecule has 0 radical (unpaired) electrons. The van der Waals surface area contributed by atoms with E-state index in [0.29, 0.717) is 5.69 Å². The monoisotopic (exact) mass is 399 g/mol. The van der Waals surface area contributed by atoms with E-state index in [1.807, 2.05) is 19.1 Å². The van der Waals surface area contributed by atoms with E-state index >= 15 is 0 Å². The summed E-state index contributed by atoms with van der Waals surface area (Å²) in [7, 11) is -3.97. The fourth-order valence-corrected chi connectivity index (χ4v) is 3.24. The Morgan fingerprint density at radius 2 is 1.75 bits per heavy atom. The van der Waals surface area contributed by atoms with Crippen molar-refractivity contribution in [3.63, 3.8) is 0 Å². The lowest BCUT2D eigenvalue weighted by atomic mass is 10.2. The number of hydrogen-bond acceptors (Lipinski definition) is 4. The second kappa shape index (κ2) is 7.29. The second-order valence-corrected chi connectivity index (χ2v) is 7.68. The number of rotatable bonds is 5. The Bertz CT molecular complexity index is 1160. The van der Waals surface area contributed by atoms with Crippen LogP contribution in [-0.2, 0) is 10.0 Å². The molecule has 4 N–H and O–H groups in total. The molecule has 1 heterocycles. The molecule has 144 valence electrons. The fourth-order valence-electron chi connectivity index (χ4n) is 2.68. The van der Waals surface area contributed by atoms with Gasteiger partial charge in [0.25, 0.3) is 5.91 Å². The number of hydrogen-bond donors (Lipinski definition) is 3. The summed E-state index contributed by atoms with van der Waals surface area (Å²) in [5.74, 6) is -1.88. The Balaban J connectivity index is 1.96. The molecule has 0 unspecified atom stereocenters. The third-order valence-corrected chi connectivity index (χ3v) is 4.98. The molecule has 9 heteroatoms. The molecule has 0 bridgehead atoms. The third-order valence-electron chi connectivity index (χ3n) is 4.07. The topological polar surface area (TPSA) is 131 Å². The number of carboxylic acids is 1. The number of carbonyl (C=O) groups is 2. The summed E-state index contributed by atoms with van der Waals surface area (Å²) in [6.45, 7) is 1.92. The molecular weight excluding hydrogens is 382 g/mol. The first kappa shape index (κ1) is 19.3. The van der Waals surface area contributed by atoms with E-state index in [9.17, 15) is 23.1 Å². The molecule has 8 nitrogen and oxygen atoms in total. The van der Waals surface area contributed by atoms with E-state index in [4.69, 9.17) is 5.14 Å². The Morgan fingerprint density at radius 3 is 2.36 bits per heavy atom. The standard InChI is InChI=1S/C19H17N3O5S/c1-12-5-7-14(8-6-12)22-10-9-16(17(22)19(24)25)21-18(23)13-3-2-4-15(11-13)28(20,26)27/h2-11H,1H3,(H,21,23)(H,24,25)(H2,20,26,27). The highest BCUT2D eigenvalue weighted by Crippen LogP contribution is 2.23. The maximum Gasteiger partial charge on any atom is 0.355 e. The highest BCUT2D eigenvalue weighted by molar-refractivity contribution is 7.89. The number of amides is 1. The summed E-state index contributed by atoms with van der Waals surface area (Å²) in [5.41, 5.74) is 1.64. The molecule has 2 aromatic carbocycles. The van der Waals surface area contributed by atoms with E-state index in [2.05, 4.69) is 5.32 Å². The SMILES string of the molecule is Cc1ccc(-n2ccc(NC(=O)c3cccc(S(N)(=O)=O)c3)c2C(=O)O)cc1. The molecule has 0 aliphatic heterocycles. The molecule has 0 saturated carbocycles. The number of anilines is 1. The Kier molecular flexibility index (Phi) is 5.04. The van der Waals surface area contributed by atoms with Gasteiger partial charge in [-0.15, -0.1) is 0 Å². The van der Waals surface area contributed by atoms with E-state index in [1.54, 1.807) is 12.1 Å². The number of nitrogens with two attached hydrogens (primary N) is 1. The van der Waals surface area contributed by atoms with Crippen molar-refractivity contribution in [3.05, 3.63) is 77.6 Å². The van der Waals surface area contributed by atoms with Crippen molar-refractivity contribution in [3.8, 4) is 5.69 Å². The minimum atomic E-state index is -3.97. The smallest absolute Gasteiger partial charge is 0.355 e. The van der Waals surface area contributed by atoms with Crippen LogP contribution in [0, 0.1) is 6.92 Å². The van der Waals surface area contributed by atoms with Crippen molar-refractivity contribution >= 4 is 27.6 Å². The number of aryl methyl sites for hydroxylation is 1. The van der Waals surface area contributed by atoms with Crippen molar-refractivity contribution in [2.75, 3.05) is 5.32 Å². The van der Waals surface area contributed by atoms with Gasteiger partial charge >= 0.3 is 5.97 Å². The molecule has 0 aliphatic carbocycles. The maximum absolute atomic E-state index is 12.5. The largest absolute Gasteiger partial charge is 0.476 e. The van der Waals surface area contributed by atoms with Crippen molar-refractivity contribution in [2.24, 2.45) is 5.14 Å². The number of carboxylic acid groups (broad SMARTS) is 1. The van der Waals surface area contributed by atoms with Crippen LogP contribution < -0.4 is 10.5 Å². The normalized spacial score (nSPS) is 11.2. The fraction of sp³-hybridized carbons (Fsp3) is 0.0526. The lowest BCUT2D eigenvalue weighted by Crippen LogP contribution is -2.17. The number of nitrogens with zero attached hydrogens (tertiary/aromatic N) is 1. The van der Waals surface area contributed by atoms with Crippen LogP contribution in [0.5, 0.6) is 0 Å². The first-order valence-electron chi connectivity index (χ1n) is 8.13. The summed E-state index contributed by atoms with van der Waals surface area (Å²) < 4.78 is 24.4. The average Bonchev–Trinajstić information content (AvgIpc) is 3.05. The van der Waals surface area contributed by atoms with E-state index in [0.717, 1.165) is 11.6 Å². The van der Waals surface area contributed by atoms with Crippen LogP contribution in [0.15, 0.2) is 65.7 Å². The number of aromatic nitrogens is 1. The van der Waals surface area contributed by atoms with E-state index in [-0.39, 0.29) is 21.8 Å². The Morgan fingerprint density at radius 1 is 1.07 bits per heavy atom. The highest BCUT2D eigenvalue weighted by atomic mass is 32.2. The number of sulfonamides is 1. The average molecular weight is 399 g/mol. The molecule has 0 fully saturated rings. The maximum atomic E-state index is 12.5. The van der Waals surface area contributed by atoms with Gasteiger partial charge in [0.15, 0.2) is 5.69 Å². The van der Waals surface area contributed by atoms with Gasteiger partial charge in [0.2, 0.25) is 10.0 Å². The van der Waals surface area contributed by atoms with Gasteiger partial charge in [-0.2, -0.15) is 0 Å². The number of carbonyl (C=O) groups excluding carboxylic acids is 1. The van der Waals surface area contributed by atoms with Crippen LogP contribution in [0.2, 0.25) is 0 Å². The van der Waals surface area contributed by atoms with Crippen LogP contribution in [0.3, 0.4) is 0 Å². The summed E-state index contributed by atoms with van der Waals surface area (Å²) in [5, 5.41) is 17.2. The molecular formula is C19H17N3O5S. The van der Waals surface area contributed by atoms with Gasteiger partial charge in [0, 0.05) is 17.4 Å². The van der Waals surface area contributed by atoms with Crippen LogP contribution in [0.1, 0.15) is 26.4 Å². The summed E-state index contributed by atoms with van der Waals surface area (Å²) in [6.07, 6.45) is 1.53. The third kappa shape index (κ3) is 3.95.